The summed E-state index contributed by atoms with van der Waals surface area (Å²) in [5.74, 6) is 4.61. The van der Waals surface area contributed by atoms with E-state index in [4.69, 9.17) is 28.4 Å². The lowest BCUT2D eigenvalue weighted by Crippen LogP contribution is -2.19. The van der Waals surface area contributed by atoms with Gasteiger partial charge in [-0.3, -0.25) is 0 Å². The predicted octanol–water partition coefficient (Wildman–Crippen LogP) is 10.0. The zero-order valence-electron chi connectivity index (χ0n) is 27.0. The van der Waals surface area contributed by atoms with Crippen molar-refractivity contribution in [2.45, 2.75) is 112 Å². The first kappa shape index (κ1) is 33.5. The average Bonchev–Trinajstić information content (AvgIpc) is 2.99. The van der Waals surface area contributed by atoms with Crippen LogP contribution in [-0.4, -0.2) is 33.0 Å². The van der Waals surface area contributed by atoms with E-state index in [1.807, 2.05) is 18.2 Å². The lowest BCUT2D eigenvalue weighted by molar-refractivity contribution is 0.112. The van der Waals surface area contributed by atoms with Crippen molar-refractivity contribution < 1.29 is 28.4 Å². The highest BCUT2D eigenvalue weighted by atomic mass is 16.5. The van der Waals surface area contributed by atoms with Gasteiger partial charge < -0.3 is 28.4 Å². The Hall–Kier alpha value is -3.02. The van der Waals surface area contributed by atoms with Crippen LogP contribution in [0.3, 0.4) is 0 Å². The fourth-order valence-corrected chi connectivity index (χ4v) is 4.66. The SMILES string of the molecule is CCCCOC1=Cc2c(OCCCC)cc(OCCCC)cc2OC1c1ccc(OCCCC)c(OCCCC)c1C. The van der Waals surface area contributed by atoms with Gasteiger partial charge in [-0.05, 0) is 51.2 Å². The summed E-state index contributed by atoms with van der Waals surface area (Å²) in [4.78, 5) is 0. The Morgan fingerprint density at radius 3 is 1.79 bits per heavy atom. The first-order valence-corrected chi connectivity index (χ1v) is 16.4. The van der Waals surface area contributed by atoms with Crippen LogP contribution in [0, 0.1) is 6.92 Å². The van der Waals surface area contributed by atoms with Crippen LogP contribution in [0.1, 0.15) is 122 Å². The molecule has 1 heterocycles. The van der Waals surface area contributed by atoms with E-state index in [-0.39, 0.29) is 0 Å². The van der Waals surface area contributed by atoms with E-state index >= 15 is 0 Å². The molecule has 2 aromatic carbocycles. The van der Waals surface area contributed by atoms with Crippen LogP contribution in [0.15, 0.2) is 30.0 Å². The molecule has 0 aromatic heterocycles. The summed E-state index contributed by atoms with van der Waals surface area (Å²) < 4.78 is 38.1. The fourth-order valence-electron chi connectivity index (χ4n) is 4.66. The molecule has 1 unspecified atom stereocenters. The third-order valence-corrected chi connectivity index (χ3v) is 7.35. The number of hydrogen-bond acceptors (Lipinski definition) is 6. The molecule has 0 fully saturated rings. The highest BCUT2D eigenvalue weighted by Crippen LogP contribution is 2.47. The molecule has 0 bridgehead atoms. The summed E-state index contributed by atoms with van der Waals surface area (Å²) in [6, 6.07) is 8.09. The highest BCUT2D eigenvalue weighted by molar-refractivity contribution is 5.70. The van der Waals surface area contributed by atoms with Gasteiger partial charge in [0, 0.05) is 23.3 Å². The molecule has 0 saturated carbocycles. The van der Waals surface area contributed by atoms with E-state index in [9.17, 15) is 0 Å². The molecule has 6 nitrogen and oxygen atoms in total. The zero-order valence-corrected chi connectivity index (χ0v) is 27.0. The van der Waals surface area contributed by atoms with E-state index in [2.05, 4.69) is 53.7 Å². The van der Waals surface area contributed by atoms with E-state index in [0.717, 1.165) is 115 Å². The lowest BCUT2D eigenvalue weighted by Gasteiger charge is -2.30. The minimum Gasteiger partial charge on any atom is -0.494 e. The molecule has 3 rings (SSSR count). The third kappa shape index (κ3) is 9.50. The lowest BCUT2D eigenvalue weighted by atomic mass is 9.96. The van der Waals surface area contributed by atoms with Crippen LogP contribution in [0.25, 0.3) is 6.08 Å². The van der Waals surface area contributed by atoms with Gasteiger partial charge in [0.2, 0.25) is 0 Å². The Kier molecular flexibility index (Phi) is 14.8. The highest BCUT2D eigenvalue weighted by Gasteiger charge is 2.31. The molecule has 234 valence electrons. The standard InChI is InChI=1S/C36H54O6/c1-7-12-19-37-28-24-32(39-21-14-9-3)30-26-34(40-22-15-10-4)36(42-33(30)25-28)29-17-18-31(38-20-13-8-2)35(27(29)6)41-23-16-11-5/h17-18,24-26,36H,7-16,19-23H2,1-6H3. The maximum Gasteiger partial charge on any atom is 0.181 e. The second-order valence-electron chi connectivity index (χ2n) is 11.0. The van der Waals surface area contributed by atoms with E-state index in [1.165, 1.54) is 0 Å². The van der Waals surface area contributed by atoms with Crippen molar-refractivity contribution in [2.75, 3.05) is 33.0 Å². The maximum atomic E-state index is 6.81. The van der Waals surface area contributed by atoms with Crippen molar-refractivity contribution in [2.24, 2.45) is 0 Å². The Bertz CT molecular complexity index is 1110. The molecule has 1 atom stereocenters. The number of unbranched alkanes of at least 4 members (excludes halogenated alkanes) is 5. The van der Waals surface area contributed by atoms with Crippen molar-refractivity contribution in [1.29, 1.82) is 0 Å². The third-order valence-electron chi connectivity index (χ3n) is 7.35. The van der Waals surface area contributed by atoms with E-state index < -0.39 is 6.10 Å². The largest absolute Gasteiger partial charge is 0.494 e. The summed E-state index contributed by atoms with van der Waals surface area (Å²) in [6.45, 7) is 16.2. The maximum absolute atomic E-state index is 6.81. The molecule has 2 aromatic rings. The predicted molar refractivity (Wildman–Crippen MR) is 171 cm³/mol. The molecule has 0 radical (unpaired) electrons. The number of benzene rings is 2. The van der Waals surface area contributed by atoms with Gasteiger partial charge in [0.15, 0.2) is 17.6 Å². The zero-order chi connectivity index (χ0) is 30.2. The molecule has 0 spiro atoms. The van der Waals surface area contributed by atoms with Crippen molar-refractivity contribution in [3.63, 3.8) is 0 Å². The Labute approximate surface area is 254 Å². The molecule has 0 amide bonds. The van der Waals surface area contributed by atoms with Crippen LogP contribution < -0.4 is 23.7 Å². The van der Waals surface area contributed by atoms with Crippen LogP contribution in [-0.2, 0) is 4.74 Å². The summed E-state index contributed by atoms with van der Waals surface area (Å²) >= 11 is 0. The second-order valence-corrected chi connectivity index (χ2v) is 11.0. The second kappa shape index (κ2) is 18.5. The number of fused-ring (bicyclic) bond motifs is 1. The van der Waals surface area contributed by atoms with Crippen molar-refractivity contribution in [3.8, 4) is 28.7 Å². The summed E-state index contributed by atoms with van der Waals surface area (Å²) in [5, 5.41) is 0. The number of rotatable bonds is 21. The summed E-state index contributed by atoms with van der Waals surface area (Å²) in [7, 11) is 0. The van der Waals surface area contributed by atoms with Crippen molar-refractivity contribution >= 4 is 6.08 Å². The molecule has 0 aliphatic carbocycles. The van der Waals surface area contributed by atoms with Crippen molar-refractivity contribution in [1.82, 2.24) is 0 Å². The van der Waals surface area contributed by atoms with Crippen LogP contribution >= 0.6 is 0 Å². The molecule has 1 aliphatic rings. The van der Waals surface area contributed by atoms with E-state index in [1.54, 1.807) is 0 Å². The Morgan fingerprint density at radius 2 is 1.17 bits per heavy atom. The molecule has 6 heteroatoms. The van der Waals surface area contributed by atoms with Gasteiger partial charge >= 0.3 is 0 Å². The average molecular weight is 583 g/mol. The molecular weight excluding hydrogens is 528 g/mol. The monoisotopic (exact) mass is 582 g/mol. The number of ether oxygens (including phenoxy) is 6. The number of hydrogen-bond donors (Lipinski definition) is 0. The Morgan fingerprint density at radius 1 is 0.619 bits per heavy atom. The van der Waals surface area contributed by atoms with Crippen LogP contribution in [0.2, 0.25) is 0 Å². The summed E-state index contributed by atoms with van der Waals surface area (Å²) in [6.07, 6.45) is 11.9. The first-order valence-electron chi connectivity index (χ1n) is 16.4. The van der Waals surface area contributed by atoms with Gasteiger partial charge in [0.05, 0.1) is 38.6 Å². The Balaban J connectivity index is 2.05. The quantitative estimate of drug-likeness (QED) is 0.137. The minimum absolute atomic E-state index is 0.429. The molecule has 42 heavy (non-hydrogen) atoms. The molecule has 0 N–H and O–H groups in total. The normalized spacial score (nSPS) is 14.0. The minimum atomic E-state index is -0.429. The van der Waals surface area contributed by atoms with E-state index in [0.29, 0.717) is 33.0 Å². The van der Waals surface area contributed by atoms with Gasteiger partial charge in [-0.1, -0.05) is 72.8 Å². The van der Waals surface area contributed by atoms with Gasteiger partial charge in [-0.2, -0.15) is 0 Å². The van der Waals surface area contributed by atoms with Gasteiger partial charge in [0.25, 0.3) is 0 Å². The summed E-state index contributed by atoms with van der Waals surface area (Å²) in [5.41, 5.74) is 2.91. The fraction of sp³-hybridized carbons (Fsp3) is 0.611. The topological polar surface area (TPSA) is 55.4 Å². The molecule has 0 saturated heterocycles. The van der Waals surface area contributed by atoms with Gasteiger partial charge in [0.1, 0.15) is 23.0 Å². The first-order chi connectivity index (χ1) is 20.6. The van der Waals surface area contributed by atoms with Gasteiger partial charge in [-0.25, -0.2) is 0 Å². The molecular formula is C36H54O6. The van der Waals surface area contributed by atoms with Gasteiger partial charge in [-0.15, -0.1) is 0 Å². The van der Waals surface area contributed by atoms with Crippen LogP contribution in [0.4, 0.5) is 0 Å². The van der Waals surface area contributed by atoms with Crippen LogP contribution in [0.5, 0.6) is 28.7 Å². The smallest absolute Gasteiger partial charge is 0.181 e. The van der Waals surface area contributed by atoms with Crippen molar-refractivity contribution in [3.05, 3.63) is 46.7 Å². The molecule has 1 aliphatic heterocycles.